The van der Waals surface area contributed by atoms with Gasteiger partial charge in [0, 0.05) is 23.4 Å². The van der Waals surface area contributed by atoms with Gasteiger partial charge in [0.05, 0.1) is 5.03 Å². The Labute approximate surface area is 166 Å². The average molecular weight is 409 g/mol. The van der Waals surface area contributed by atoms with E-state index in [9.17, 15) is 18.0 Å². The summed E-state index contributed by atoms with van der Waals surface area (Å²) in [4.78, 5) is 19.0. The number of nitrogens with one attached hydrogen (secondary N) is 1. The summed E-state index contributed by atoms with van der Waals surface area (Å²) >= 11 is 1.64. The van der Waals surface area contributed by atoms with E-state index in [2.05, 4.69) is 36.1 Å². The maximum Gasteiger partial charge on any atom is 0.262 e. The van der Waals surface area contributed by atoms with Gasteiger partial charge in [0.2, 0.25) is 0 Å². The van der Waals surface area contributed by atoms with Gasteiger partial charge >= 0.3 is 0 Å². The number of pyridine rings is 1. The molecule has 2 aromatic rings. The average Bonchev–Trinajstić information content (AvgIpc) is 2.61. The predicted molar refractivity (Wildman–Crippen MR) is 104 cm³/mol. The Bertz CT molecular complexity index is 857. The molecular formula is C20H22F3N3OS. The number of halogens is 3. The molecule has 0 bridgehead atoms. The fourth-order valence-corrected chi connectivity index (χ4v) is 4.60. The van der Waals surface area contributed by atoms with Crippen molar-refractivity contribution in [2.24, 2.45) is 5.92 Å². The molecule has 1 saturated heterocycles. The van der Waals surface area contributed by atoms with Gasteiger partial charge in [-0.1, -0.05) is 13.0 Å². The minimum Gasteiger partial charge on any atom is -0.306 e. The maximum atomic E-state index is 13.8. The molecule has 2 heterocycles. The normalized spacial score (nSPS) is 22.9. The summed E-state index contributed by atoms with van der Waals surface area (Å²) in [6.07, 6.45) is 1.02. The van der Waals surface area contributed by atoms with Crippen LogP contribution in [0.15, 0.2) is 35.4 Å². The second-order valence-electron chi connectivity index (χ2n) is 7.08. The largest absolute Gasteiger partial charge is 0.306 e. The quantitative estimate of drug-likeness (QED) is 0.803. The fourth-order valence-electron chi connectivity index (χ4n) is 3.32. The molecule has 3 atom stereocenters. The van der Waals surface area contributed by atoms with Crippen LogP contribution >= 0.6 is 11.8 Å². The Morgan fingerprint density at radius 2 is 1.89 bits per heavy atom. The molecule has 0 saturated carbocycles. The van der Waals surface area contributed by atoms with Crippen LogP contribution in [0.25, 0.3) is 0 Å². The Kier molecular flexibility index (Phi) is 6.30. The number of benzene rings is 1. The molecule has 1 amide bonds. The summed E-state index contributed by atoms with van der Waals surface area (Å²) in [5.41, 5.74) is -0.834. The molecule has 1 aliphatic rings. The number of amides is 1. The van der Waals surface area contributed by atoms with E-state index in [0.717, 1.165) is 18.0 Å². The van der Waals surface area contributed by atoms with Gasteiger partial charge in [-0.25, -0.2) is 18.2 Å². The van der Waals surface area contributed by atoms with Gasteiger partial charge < -0.3 is 10.2 Å². The summed E-state index contributed by atoms with van der Waals surface area (Å²) in [7, 11) is 2.12. The van der Waals surface area contributed by atoms with Crippen LogP contribution in [0.1, 0.15) is 30.6 Å². The first-order chi connectivity index (χ1) is 13.3. The van der Waals surface area contributed by atoms with Gasteiger partial charge in [-0.2, -0.15) is 0 Å². The number of anilines is 1. The molecule has 1 N–H and O–H groups in total. The van der Waals surface area contributed by atoms with Crippen molar-refractivity contribution in [1.82, 2.24) is 9.88 Å². The zero-order valence-electron chi connectivity index (χ0n) is 15.9. The van der Waals surface area contributed by atoms with E-state index in [4.69, 9.17) is 0 Å². The Morgan fingerprint density at radius 1 is 1.21 bits per heavy atom. The van der Waals surface area contributed by atoms with Crippen molar-refractivity contribution in [2.75, 3.05) is 18.9 Å². The third-order valence-electron chi connectivity index (χ3n) is 5.28. The fraction of sp³-hybridized carbons (Fsp3) is 0.400. The van der Waals surface area contributed by atoms with E-state index in [-0.39, 0.29) is 5.82 Å². The first-order valence-corrected chi connectivity index (χ1v) is 9.94. The SMILES string of the molecule is CC1C(Sc2cccc(NC(=O)c3c(F)cc(F)cc3F)n2)CCN(C)C1C. The van der Waals surface area contributed by atoms with Crippen LogP contribution in [0.5, 0.6) is 0 Å². The molecule has 150 valence electrons. The zero-order valence-corrected chi connectivity index (χ0v) is 16.7. The van der Waals surface area contributed by atoms with Gasteiger partial charge in [0.25, 0.3) is 5.91 Å². The minimum absolute atomic E-state index is 0.187. The van der Waals surface area contributed by atoms with E-state index in [1.807, 2.05) is 6.07 Å². The number of rotatable bonds is 4. The molecule has 0 radical (unpaired) electrons. The van der Waals surface area contributed by atoms with Gasteiger partial charge in [0.15, 0.2) is 0 Å². The smallest absolute Gasteiger partial charge is 0.262 e. The third kappa shape index (κ3) is 4.50. The number of aromatic nitrogens is 1. The van der Waals surface area contributed by atoms with Crippen molar-refractivity contribution in [3.05, 3.63) is 53.3 Å². The third-order valence-corrected chi connectivity index (χ3v) is 6.72. The Morgan fingerprint density at radius 3 is 2.57 bits per heavy atom. The van der Waals surface area contributed by atoms with E-state index < -0.39 is 28.9 Å². The standard InChI is InChI=1S/C20H22F3N3OS/c1-11-12(2)26(3)8-7-16(11)28-18-6-4-5-17(24-18)25-20(27)19-14(22)9-13(21)10-15(19)23/h4-6,9-12,16H,7-8H2,1-3H3,(H,24,25,27). The van der Waals surface area contributed by atoms with Crippen LogP contribution in [0.2, 0.25) is 0 Å². The van der Waals surface area contributed by atoms with Crippen LogP contribution in [-0.4, -0.2) is 40.7 Å². The summed E-state index contributed by atoms with van der Waals surface area (Å²) in [5.74, 6) is -3.95. The van der Waals surface area contributed by atoms with Crippen molar-refractivity contribution < 1.29 is 18.0 Å². The van der Waals surface area contributed by atoms with Crippen LogP contribution in [0, 0.1) is 23.4 Å². The van der Waals surface area contributed by atoms with Crippen molar-refractivity contribution in [2.45, 2.75) is 36.6 Å². The van der Waals surface area contributed by atoms with E-state index in [0.29, 0.717) is 29.3 Å². The van der Waals surface area contributed by atoms with Crippen LogP contribution in [-0.2, 0) is 0 Å². The first-order valence-electron chi connectivity index (χ1n) is 9.06. The van der Waals surface area contributed by atoms with Gasteiger partial charge in [-0.15, -0.1) is 11.8 Å². The van der Waals surface area contributed by atoms with Crippen molar-refractivity contribution in [1.29, 1.82) is 0 Å². The molecule has 3 rings (SSSR count). The highest BCUT2D eigenvalue weighted by Crippen LogP contribution is 2.35. The molecule has 28 heavy (non-hydrogen) atoms. The van der Waals surface area contributed by atoms with Crippen molar-refractivity contribution in [3.63, 3.8) is 0 Å². The number of piperidine rings is 1. The van der Waals surface area contributed by atoms with Gasteiger partial charge in [-0.05, 0) is 45.0 Å². The minimum atomic E-state index is -1.25. The lowest BCUT2D eigenvalue weighted by Gasteiger charge is -2.40. The molecular weight excluding hydrogens is 387 g/mol. The van der Waals surface area contributed by atoms with Gasteiger partial charge in [-0.3, -0.25) is 4.79 Å². The summed E-state index contributed by atoms with van der Waals surface area (Å²) in [6.45, 7) is 5.42. The molecule has 0 aliphatic carbocycles. The number of thioether (sulfide) groups is 1. The first kappa shape index (κ1) is 20.7. The maximum absolute atomic E-state index is 13.8. The second-order valence-corrected chi connectivity index (χ2v) is 8.34. The molecule has 0 spiro atoms. The highest BCUT2D eigenvalue weighted by Gasteiger charge is 2.31. The molecule has 8 heteroatoms. The van der Waals surface area contributed by atoms with Crippen LogP contribution in [0.4, 0.5) is 19.0 Å². The highest BCUT2D eigenvalue weighted by atomic mass is 32.2. The lowest BCUT2D eigenvalue weighted by atomic mass is 9.92. The molecule has 4 nitrogen and oxygen atoms in total. The number of carbonyl (C=O) groups excluding carboxylic acids is 1. The lowest BCUT2D eigenvalue weighted by molar-refractivity contribution is 0.101. The second kappa shape index (κ2) is 8.53. The number of likely N-dealkylation sites (tertiary alicyclic amines) is 1. The van der Waals surface area contributed by atoms with Gasteiger partial charge in [0.1, 0.15) is 28.8 Å². The predicted octanol–water partition coefficient (Wildman–Crippen LogP) is 4.57. The monoisotopic (exact) mass is 409 g/mol. The Balaban J connectivity index is 1.73. The Hall–Kier alpha value is -2.06. The molecule has 1 aromatic carbocycles. The topological polar surface area (TPSA) is 45.2 Å². The van der Waals surface area contributed by atoms with Crippen LogP contribution in [0.3, 0.4) is 0 Å². The van der Waals surface area contributed by atoms with Crippen LogP contribution < -0.4 is 5.32 Å². The zero-order chi connectivity index (χ0) is 20.4. The molecule has 1 aliphatic heterocycles. The van der Waals surface area contributed by atoms with Crippen molar-refractivity contribution in [3.8, 4) is 0 Å². The van der Waals surface area contributed by atoms with E-state index in [1.54, 1.807) is 23.9 Å². The molecule has 1 aromatic heterocycles. The summed E-state index contributed by atoms with van der Waals surface area (Å²) in [6, 6.07) is 6.52. The van der Waals surface area contributed by atoms with E-state index in [1.165, 1.54) is 0 Å². The molecule has 3 unspecified atom stereocenters. The van der Waals surface area contributed by atoms with E-state index >= 15 is 0 Å². The number of hydrogen-bond donors (Lipinski definition) is 1. The number of carbonyl (C=O) groups is 1. The summed E-state index contributed by atoms with van der Waals surface area (Å²) < 4.78 is 40.6. The highest BCUT2D eigenvalue weighted by molar-refractivity contribution is 7.99. The molecule has 1 fully saturated rings. The number of nitrogens with zero attached hydrogens (tertiary/aromatic N) is 2. The summed E-state index contributed by atoms with van der Waals surface area (Å²) in [5, 5.41) is 3.50. The van der Waals surface area contributed by atoms with Crippen molar-refractivity contribution >= 4 is 23.5 Å². The number of hydrogen-bond acceptors (Lipinski definition) is 4. The lowest BCUT2D eigenvalue weighted by Crippen LogP contribution is -2.45.